The summed E-state index contributed by atoms with van der Waals surface area (Å²) in [6, 6.07) is 0. The Balaban J connectivity index is 2.04. The van der Waals surface area contributed by atoms with Crippen molar-refractivity contribution in [1.29, 1.82) is 0 Å². The minimum atomic E-state index is 0.0128. The van der Waals surface area contributed by atoms with Gasteiger partial charge in [-0.05, 0) is 6.42 Å². The van der Waals surface area contributed by atoms with E-state index in [0.29, 0.717) is 19.5 Å². The van der Waals surface area contributed by atoms with Crippen molar-refractivity contribution in [3.8, 4) is 0 Å². The van der Waals surface area contributed by atoms with E-state index in [2.05, 4.69) is 12.2 Å². The number of carbonyl (C=O) groups is 2. The molecule has 4 heteroatoms. The molecule has 1 N–H and O–H groups in total. The fourth-order valence-corrected chi connectivity index (χ4v) is 1.61. The number of hydrogen-bond acceptors (Lipinski definition) is 2. The number of nitrogens with one attached hydrogen (secondary N) is 1. The molecule has 0 aliphatic carbocycles. The molecule has 1 heterocycles. The summed E-state index contributed by atoms with van der Waals surface area (Å²) in [5.74, 6) is 0.0505. The first kappa shape index (κ1) is 12.7. The summed E-state index contributed by atoms with van der Waals surface area (Å²) in [5.41, 5.74) is 0. The molecule has 16 heavy (non-hydrogen) atoms. The van der Waals surface area contributed by atoms with Gasteiger partial charge in [-0.1, -0.05) is 25.8 Å². The maximum Gasteiger partial charge on any atom is 0.246 e. The minimum Gasteiger partial charge on any atom is -0.356 e. The Morgan fingerprint density at radius 2 is 2.31 bits per heavy atom. The zero-order chi connectivity index (χ0) is 11.8. The smallest absolute Gasteiger partial charge is 0.246 e. The van der Waals surface area contributed by atoms with Crippen LogP contribution in [0.3, 0.4) is 0 Å². The lowest BCUT2D eigenvalue weighted by Crippen LogP contribution is -2.32. The molecule has 0 bridgehead atoms. The Morgan fingerprint density at radius 3 is 2.94 bits per heavy atom. The van der Waals surface area contributed by atoms with Crippen LogP contribution < -0.4 is 5.32 Å². The molecule has 0 saturated heterocycles. The Hall–Kier alpha value is -1.32. The van der Waals surface area contributed by atoms with Gasteiger partial charge in [-0.3, -0.25) is 9.59 Å². The van der Waals surface area contributed by atoms with Crippen molar-refractivity contribution in [2.75, 3.05) is 19.6 Å². The van der Waals surface area contributed by atoms with Crippen molar-refractivity contribution in [2.45, 2.75) is 32.6 Å². The van der Waals surface area contributed by atoms with Crippen LogP contribution in [-0.4, -0.2) is 36.3 Å². The van der Waals surface area contributed by atoms with E-state index in [1.54, 1.807) is 11.0 Å². The second-order valence-electron chi connectivity index (χ2n) is 3.99. The van der Waals surface area contributed by atoms with E-state index in [0.717, 1.165) is 25.8 Å². The molecule has 0 aromatic carbocycles. The molecular formula is C12H20N2O2. The molecule has 1 rings (SSSR count). The van der Waals surface area contributed by atoms with Crippen molar-refractivity contribution in [3.05, 3.63) is 12.2 Å². The minimum absolute atomic E-state index is 0.0128. The predicted octanol–water partition coefficient (Wildman–Crippen LogP) is 1.08. The molecule has 1 aliphatic heterocycles. The largest absolute Gasteiger partial charge is 0.356 e. The van der Waals surface area contributed by atoms with Crippen LogP contribution in [0.1, 0.15) is 32.6 Å². The van der Waals surface area contributed by atoms with E-state index >= 15 is 0 Å². The van der Waals surface area contributed by atoms with E-state index in [-0.39, 0.29) is 11.8 Å². The molecule has 0 aromatic heterocycles. The summed E-state index contributed by atoms with van der Waals surface area (Å²) in [5, 5.41) is 2.86. The van der Waals surface area contributed by atoms with Gasteiger partial charge in [-0.25, -0.2) is 0 Å². The van der Waals surface area contributed by atoms with E-state index in [1.165, 1.54) is 0 Å². The molecule has 0 spiro atoms. The predicted molar refractivity (Wildman–Crippen MR) is 62.9 cm³/mol. The third-order valence-electron chi connectivity index (χ3n) is 2.61. The van der Waals surface area contributed by atoms with Gasteiger partial charge < -0.3 is 10.2 Å². The topological polar surface area (TPSA) is 49.4 Å². The maximum absolute atomic E-state index is 11.4. The highest BCUT2D eigenvalue weighted by atomic mass is 16.2. The Morgan fingerprint density at radius 1 is 1.50 bits per heavy atom. The van der Waals surface area contributed by atoms with Crippen LogP contribution in [0.4, 0.5) is 0 Å². The molecular weight excluding hydrogens is 204 g/mol. The second kappa shape index (κ2) is 7.04. The van der Waals surface area contributed by atoms with Gasteiger partial charge in [-0.2, -0.15) is 0 Å². The van der Waals surface area contributed by atoms with Gasteiger partial charge in [0.25, 0.3) is 0 Å². The summed E-state index contributed by atoms with van der Waals surface area (Å²) in [7, 11) is 0. The highest BCUT2D eigenvalue weighted by Gasteiger charge is 2.15. The lowest BCUT2D eigenvalue weighted by Gasteiger charge is -2.14. The fourth-order valence-electron chi connectivity index (χ4n) is 1.61. The number of amides is 2. The third-order valence-corrected chi connectivity index (χ3v) is 2.61. The quantitative estimate of drug-likeness (QED) is 0.658. The number of carbonyl (C=O) groups excluding carboxylic acids is 2. The maximum atomic E-state index is 11.4. The number of unbranched alkanes of at least 4 members (excludes halogenated alkanes) is 2. The first-order valence-electron chi connectivity index (χ1n) is 5.96. The van der Waals surface area contributed by atoms with Crippen molar-refractivity contribution in [1.82, 2.24) is 10.2 Å². The highest BCUT2D eigenvalue weighted by Crippen LogP contribution is 2.01. The van der Waals surface area contributed by atoms with Crippen LogP contribution in [0.5, 0.6) is 0 Å². The average molecular weight is 224 g/mol. The van der Waals surface area contributed by atoms with Crippen molar-refractivity contribution < 1.29 is 9.59 Å². The average Bonchev–Trinajstić information content (AvgIpc) is 2.67. The van der Waals surface area contributed by atoms with Crippen molar-refractivity contribution in [3.63, 3.8) is 0 Å². The highest BCUT2D eigenvalue weighted by molar-refractivity contribution is 5.90. The summed E-state index contributed by atoms with van der Waals surface area (Å²) in [4.78, 5) is 24.3. The normalized spacial score (nSPS) is 14.6. The third kappa shape index (κ3) is 4.47. The molecule has 4 nitrogen and oxygen atoms in total. The van der Waals surface area contributed by atoms with Crippen LogP contribution in [0, 0.1) is 0 Å². The first-order valence-corrected chi connectivity index (χ1v) is 5.96. The molecule has 0 radical (unpaired) electrons. The molecule has 0 fully saturated rings. The van der Waals surface area contributed by atoms with Crippen LogP contribution in [0.2, 0.25) is 0 Å². The lowest BCUT2D eigenvalue weighted by molar-refractivity contribution is -0.125. The van der Waals surface area contributed by atoms with Gasteiger partial charge in [0.05, 0.1) is 0 Å². The summed E-state index contributed by atoms with van der Waals surface area (Å²) < 4.78 is 0. The van der Waals surface area contributed by atoms with Crippen LogP contribution in [0.25, 0.3) is 0 Å². The van der Waals surface area contributed by atoms with Gasteiger partial charge in [0.1, 0.15) is 0 Å². The zero-order valence-electron chi connectivity index (χ0n) is 9.87. The van der Waals surface area contributed by atoms with E-state index in [9.17, 15) is 9.59 Å². The van der Waals surface area contributed by atoms with Gasteiger partial charge >= 0.3 is 0 Å². The Labute approximate surface area is 96.7 Å². The van der Waals surface area contributed by atoms with Crippen molar-refractivity contribution >= 4 is 11.8 Å². The molecule has 90 valence electrons. The van der Waals surface area contributed by atoms with Crippen molar-refractivity contribution in [2.24, 2.45) is 0 Å². The van der Waals surface area contributed by atoms with Gasteiger partial charge in [0, 0.05) is 32.1 Å². The SMILES string of the molecule is CCCCCNC(=O)CCN1CC=CC1=O. The Bertz CT molecular complexity index is 274. The standard InChI is InChI=1S/C12H20N2O2/c1-2-3-4-8-13-11(15)7-10-14-9-5-6-12(14)16/h5-6H,2-4,7-10H2,1H3,(H,13,15). The molecule has 0 aromatic rings. The second-order valence-corrected chi connectivity index (χ2v) is 3.99. The summed E-state index contributed by atoms with van der Waals surface area (Å²) in [6.45, 7) is 4.04. The number of hydrogen-bond donors (Lipinski definition) is 1. The van der Waals surface area contributed by atoms with Crippen LogP contribution in [-0.2, 0) is 9.59 Å². The Kier molecular flexibility index (Phi) is 5.61. The summed E-state index contributed by atoms with van der Waals surface area (Å²) >= 11 is 0. The van der Waals surface area contributed by atoms with Crippen LogP contribution >= 0.6 is 0 Å². The fraction of sp³-hybridized carbons (Fsp3) is 0.667. The molecule has 0 unspecified atom stereocenters. The van der Waals surface area contributed by atoms with E-state index in [4.69, 9.17) is 0 Å². The number of nitrogens with zero attached hydrogens (tertiary/aromatic N) is 1. The first-order chi connectivity index (χ1) is 7.74. The lowest BCUT2D eigenvalue weighted by atomic mass is 10.2. The summed E-state index contributed by atoms with van der Waals surface area (Å²) in [6.07, 6.45) is 7.12. The van der Waals surface area contributed by atoms with E-state index < -0.39 is 0 Å². The molecule has 0 saturated carbocycles. The zero-order valence-corrected chi connectivity index (χ0v) is 9.87. The van der Waals surface area contributed by atoms with Gasteiger partial charge in [-0.15, -0.1) is 0 Å². The van der Waals surface area contributed by atoms with Crippen LogP contribution in [0.15, 0.2) is 12.2 Å². The van der Waals surface area contributed by atoms with Gasteiger partial charge in [0.2, 0.25) is 11.8 Å². The monoisotopic (exact) mass is 224 g/mol. The number of rotatable bonds is 7. The molecule has 2 amide bonds. The van der Waals surface area contributed by atoms with E-state index in [1.807, 2.05) is 6.08 Å². The molecule has 0 atom stereocenters. The van der Waals surface area contributed by atoms with Gasteiger partial charge in [0.15, 0.2) is 0 Å². The molecule has 1 aliphatic rings.